The van der Waals surface area contributed by atoms with E-state index in [1.54, 1.807) is 6.20 Å². The summed E-state index contributed by atoms with van der Waals surface area (Å²) in [5.74, 6) is -1.90. The van der Waals surface area contributed by atoms with Crippen LogP contribution in [0.5, 0.6) is 5.75 Å². The van der Waals surface area contributed by atoms with Gasteiger partial charge in [-0.2, -0.15) is 5.10 Å². The van der Waals surface area contributed by atoms with Crippen LogP contribution in [0, 0.1) is 5.92 Å². The molecule has 156 valence electrons. The van der Waals surface area contributed by atoms with Gasteiger partial charge in [0, 0.05) is 0 Å². The molecule has 0 unspecified atom stereocenters. The predicted molar refractivity (Wildman–Crippen MR) is 104 cm³/mol. The third-order valence-corrected chi connectivity index (χ3v) is 4.43. The maximum Gasteiger partial charge on any atom is 0.363 e. The van der Waals surface area contributed by atoms with E-state index in [1.807, 2.05) is 44.2 Å². The topological polar surface area (TPSA) is 109 Å². The Labute approximate surface area is 168 Å². The summed E-state index contributed by atoms with van der Waals surface area (Å²) in [5, 5.41) is 6.72. The minimum absolute atomic E-state index is 0.0596. The lowest BCUT2D eigenvalue weighted by molar-refractivity contribution is -0.147. The Morgan fingerprint density at radius 1 is 1.17 bits per heavy atom. The van der Waals surface area contributed by atoms with E-state index in [0.717, 1.165) is 5.69 Å². The second kappa shape index (κ2) is 10.3. The number of hydrogen-bond acceptors (Lipinski definition) is 7. The number of hydrogen-bond donors (Lipinski definition) is 1. The maximum absolute atomic E-state index is 12.4. The molecule has 29 heavy (non-hydrogen) atoms. The van der Waals surface area contributed by atoms with Gasteiger partial charge in [0.1, 0.15) is 6.04 Å². The van der Waals surface area contributed by atoms with Crippen molar-refractivity contribution in [1.82, 2.24) is 15.1 Å². The van der Waals surface area contributed by atoms with Crippen LogP contribution in [-0.2, 0) is 19.1 Å². The van der Waals surface area contributed by atoms with Crippen molar-refractivity contribution in [2.45, 2.75) is 26.3 Å². The molecule has 0 saturated carbocycles. The fourth-order valence-electron chi connectivity index (χ4n) is 2.57. The fourth-order valence-corrected chi connectivity index (χ4v) is 2.57. The van der Waals surface area contributed by atoms with Gasteiger partial charge in [-0.05, 0) is 18.1 Å². The van der Waals surface area contributed by atoms with E-state index >= 15 is 0 Å². The summed E-state index contributed by atoms with van der Waals surface area (Å²) in [6.07, 6.45) is 2.20. The van der Waals surface area contributed by atoms with Gasteiger partial charge in [0.05, 0.1) is 26.1 Å². The number of rotatable bonds is 9. The van der Waals surface area contributed by atoms with Crippen LogP contribution in [0.25, 0.3) is 5.69 Å². The molecule has 0 fully saturated rings. The summed E-state index contributed by atoms with van der Waals surface area (Å²) in [4.78, 5) is 36.4. The number of benzene rings is 1. The summed E-state index contributed by atoms with van der Waals surface area (Å²) in [6, 6.07) is 8.34. The number of carbonyl (C=O) groups excluding carboxylic acids is 3. The highest BCUT2D eigenvalue weighted by Crippen LogP contribution is 2.20. The van der Waals surface area contributed by atoms with Crippen LogP contribution in [0.4, 0.5) is 0 Å². The van der Waals surface area contributed by atoms with E-state index in [4.69, 9.17) is 14.2 Å². The van der Waals surface area contributed by atoms with Gasteiger partial charge in [-0.3, -0.25) is 4.79 Å². The molecule has 2 atom stereocenters. The normalized spacial score (nSPS) is 12.6. The van der Waals surface area contributed by atoms with E-state index < -0.39 is 30.5 Å². The van der Waals surface area contributed by atoms with Crippen molar-refractivity contribution in [2.75, 3.05) is 20.8 Å². The van der Waals surface area contributed by atoms with Crippen LogP contribution in [0.2, 0.25) is 0 Å². The third-order valence-electron chi connectivity index (χ3n) is 4.43. The van der Waals surface area contributed by atoms with Crippen molar-refractivity contribution in [1.29, 1.82) is 0 Å². The molecule has 0 spiro atoms. The molecule has 0 saturated heterocycles. The minimum atomic E-state index is -0.817. The summed E-state index contributed by atoms with van der Waals surface area (Å²) in [6.45, 7) is 3.14. The molecule has 0 aliphatic carbocycles. The first-order valence-corrected chi connectivity index (χ1v) is 9.14. The highest BCUT2D eigenvalue weighted by Gasteiger charge is 2.27. The molecule has 1 heterocycles. The van der Waals surface area contributed by atoms with Crippen molar-refractivity contribution in [3.8, 4) is 11.4 Å². The molecule has 9 heteroatoms. The third kappa shape index (κ3) is 5.56. The first kappa shape index (κ1) is 21.9. The van der Waals surface area contributed by atoms with E-state index in [-0.39, 0.29) is 17.4 Å². The number of nitrogens with zero attached hydrogens (tertiary/aromatic N) is 2. The highest BCUT2D eigenvalue weighted by atomic mass is 16.5. The molecule has 1 aromatic carbocycles. The lowest BCUT2D eigenvalue weighted by Gasteiger charge is -2.21. The standard InChI is InChI=1S/C20H25N3O6/c1-5-13(2)17(19(25)28-4)21-16(24)12-29-20(26)18-15(27-3)11-23(22-18)14-9-7-6-8-10-14/h6-11,13,17H,5,12H2,1-4H3,(H,21,24)/t13-,17-/m0/s1. The Balaban J connectivity index is 2.04. The quantitative estimate of drug-likeness (QED) is 0.635. The Hall–Kier alpha value is -3.36. The van der Waals surface area contributed by atoms with Gasteiger partial charge in [-0.25, -0.2) is 14.3 Å². The van der Waals surface area contributed by atoms with Gasteiger partial charge >= 0.3 is 11.9 Å². The van der Waals surface area contributed by atoms with Crippen molar-refractivity contribution < 1.29 is 28.6 Å². The lowest BCUT2D eigenvalue weighted by atomic mass is 9.99. The molecule has 0 aliphatic heterocycles. The molecule has 0 bridgehead atoms. The van der Waals surface area contributed by atoms with Gasteiger partial charge in [-0.15, -0.1) is 0 Å². The Bertz CT molecular complexity index is 849. The summed E-state index contributed by atoms with van der Waals surface area (Å²) in [7, 11) is 2.65. The smallest absolute Gasteiger partial charge is 0.363 e. The first-order chi connectivity index (χ1) is 13.9. The van der Waals surface area contributed by atoms with Crippen LogP contribution >= 0.6 is 0 Å². The van der Waals surface area contributed by atoms with Crippen LogP contribution in [-0.4, -0.2) is 54.5 Å². The van der Waals surface area contributed by atoms with Crippen molar-refractivity contribution in [3.63, 3.8) is 0 Å². The number of methoxy groups -OCH3 is 2. The number of amides is 1. The zero-order valence-electron chi connectivity index (χ0n) is 16.9. The highest BCUT2D eigenvalue weighted by molar-refractivity contribution is 5.92. The zero-order valence-corrected chi connectivity index (χ0v) is 16.9. The van der Waals surface area contributed by atoms with Gasteiger partial charge in [0.15, 0.2) is 12.4 Å². The summed E-state index contributed by atoms with van der Waals surface area (Å²) >= 11 is 0. The number of carbonyl (C=O) groups is 3. The monoisotopic (exact) mass is 403 g/mol. The van der Waals surface area contributed by atoms with Crippen molar-refractivity contribution in [3.05, 3.63) is 42.2 Å². The van der Waals surface area contributed by atoms with Gasteiger partial charge < -0.3 is 19.5 Å². The Morgan fingerprint density at radius 2 is 1.86 bits per heavy atom. The largest absolute Gasteiger partial charge is 0.493 e. The van der Waals surface area contributed by atoms with E-state index in [0.29, 0.717) is 6.42 Å². The molecule has 9 nitrogen and oxygen atoms in total. The summed E-state index contributed by atoms with van der Waals surface area (Å²) < 4.78 is 16.4. The molecule has 0 radical (unpaired) electrons. The number of nitrogens with one attached hydrogen (secondary N) is 1. The second-order valence-corrected chi connectivity index (χ2v) is 6.36. The molecular weight excluding hydrogens is 378 g/mol. The van der Waals surface area contributed by atoms with Gasteiger partial charge in [0.2, 0.25) is 5.69 Å². The zero-order chi connectivity index (χ0) is 21.4. The number of esters is 2. The van der Waals surface area contributed by atoms with Crippen LogP contribution in [0.1, 0.15) is 30.8 Å². The fraction of sp³-hybridized carbons (Fsp3) is 0.400. The van der Waals surface area contributed by atoms with Crippen molar-refractivity contribution >= 4 is 17.8 Å². The van der Waals surface area contributed by atoms with Crippen LogP contribution in [0.15, 0.2) is 36.5 Å². The van der Waals surface area contributed by atoms with Gasteiger partial charge in [0.25, 0.3) is 5.91 Å². The van der Waals surface area contributed by atoms with E-state index in [2.05, 4.69) is 10.4 Å². The van der Waals surface area contributed by atoms with E-state index in [1.165, 1.54) is 18.9 Å². The lowest BCUT2D eigenvalue weighted by Crippen LogP contribution is -2.47. The maximum atomic E-state index is 12.4. The minimum Gasteiger partial charge on any atom is -0.493 e. The second-order valence-electron chi connectivity index (χ2n) is 6.36. The van der Waals surface area contributed by atoms with Crippen molar-refractivity contribution in [2.24, 2.45) is 5.92 Å². The number of ether oxygens (including phenoxy) is 3. The average Bonchev–Trinajstić information content (AvgIpc) is 3.20. The van der Waals surface area contributed by atoms with Crippen LogP contribution < -0.4 is 10.1 Å². The molecule has 1 aromatic heterocycles. The molecular formula is C20H25N3O6. The van der Waals surface area contributed by atoms with E-state index in [9.17, 15) is 14.4 Å². The number of aromatic nitrogens is 2. The van der Waals surface area contributed by atoms with Crippen LogP contribution in [0.3, 0.4) is 0 Å². The SMILES string of the molecule is CC[C@H](C)[C@H](NC(=O)COC(=O)c1nn(-c2ccccc2)cc1OC)C(=O)OC. The number of para-hydroxylation sites is 1. The molecule has 0 aliphatic rings. The predicted octanol–water partition coefficient (Wildman–Crippen LogP) is 1.74. The van der Waals surface area contributed by atoms with Gasteiger partial charge in [-0.1, -0.05) is 38.5 Å². The molecule has 2 rings (SSSR count). The average molecular weight is 403 g/mol. The Kier molecular flexibility index (Phi) is 7.76. The first-order valence-electron chi connectivity index (χ1n) is 9.14. The molecule has 1 N–H and O–H groups in total. The summed E-state index contributed by atoms with van der Waals surface area (Å²) in [5.41, 5.74) is 0.674. The Morgan fingerprint density at radius 3 is 2.45 bits per heavy atom. The molecule has 2 aromatic rings. The molecule has 1 amide bonds.